The molecule has 1 aliphatic heterocycles. The van der Waals surface area contributed by atoms with E-state index in [0.717, 1.165) is 38.0 Å². The van der Waals surface area contributed by atoms with Gasteiger partial charge in [-0.2, -0.15) is 0 Å². The van der Waals surface area contributed by atoms with Gasteiger partial charge < -0.3 is 9.73 Å². The van der Waals surface area contributed by atoms with E-state index >= 15 is 0 Å². The Morgan fingerprint density at radius 1 is 1.20 bits per heavy atom. The second-order valence-electron chi connectivity index (χ2n) is 7.72. The van der Waals surface area contributed by atoms with Crippen LogP contribution in [0, 0.1) is 11.7 Å². The summed E-state index contributed by atoms with van der Waals surface area (Å²) in [5.41, 5.74) is 1.89. The van der Waals surface area contributed by atoms with Gasteiger partial charge in [-0.3, -0.25) is 14.3 Å². The summed E-state index contributed by atoms with van der Waals surface area (Å²) in [6, 6.07) is 11.6. The summed E-state index contributed by atoms with van der Waals surface area (Å²) in [5.74, 6) is -0.628. The van der Waals surface area contributed by atoms with Crippen LogP contribution in [0.3, 0.4) is 0 Å². The van der Waals surface area contributed by atoms with E-state index in [4.69, 9.17) is 16.0 Å². The molecule has 2 heterocycles. The Balaban J connectivity index is 1.25. The largest absolute Gasteiger partial charge is 0.420 e. The van der Waals surface area contributed by atoms with Crippen molar-refractivity contribution < 1.29 is 13.6 Å². The van der Waals surface area contributed by atoms with Gasteiger partial charge in [0.05, 0.1) is 5.52 Å². The average molecular weight is 432 g/mol. The molecule has 1 aliphatic rings. The van der Waals surface area contributed by atoms with Crippen molar-refractivity contribution in [2.75, 3.05) is 19.6 Å². The molecule has 0 bridgehead atoms. The summed E-state index contributed by atoms with van der Waals surface area (Å²) < 4.78 is 19.8. The van der Waals surface area contributed by atoms with Crippen LogP contribution in [-0.4, -0.2) is 35.0 Å². The standard InChI is InChI=1S/C22H23ClFN3O3/c23-17-4-5-19-20(11-17)30-22(29)27(19)14-21(28)25-12-15-6-8-26(9-7-15)13-16-2-1-3-18(24)10-16/h1-5,10-11,15H,6-9,12-14H2,(H,25,28). The van der Waals surface area contributed by atoms with Crippen LogP contribution in [0.15, 0.2) is 51.7 Å². The monoisotopic (exact) mass is 431 g/mol. The number of benzene rings is 2. The topological polar surface area (TPSA) is 67.5 Å². The van der Waals surface area contributed by atoms with Crippen molar-refractivity contribution in [1.29, 1.82) is 0 Å². The van der Waals surface area contributed by atoms with Gasteiger partial charge in [-0.15, -0.1) is 0 Å². The summed E-state index contributed by atoms with van der Waals surface area (Å²) in [6.07, 6.45) is 1.92. The van der Waals surface area contributed by atoms with Crippen LogP contribution in [0.5, 0.6) is 0 Å². The zero-order chi connectivity index (χ0) is 21.1. The minimum atomic E-state index is -0.576. The molecule has 1 saturated heterocycles. The molecule has 0 radical (unpaired) electrons. The SMILES string of the molecule is O=C(Cn1c(=O)oc2cc(Cl)ccc21)NCC1CCN(Cc2cccc(F)c2)CC1. The summed E-state index contributed by atoms with van der Waals surface area (Å²) in [5, 5.41) is 3.40. The Morgan fingerprint density at radius 3 is 2.77 bits per heavy atom. The molecule has 0 spiro atoms. The zero-order valence-corrected chi connectivity index (χ0v) is 17.2. The lowest BCUT2D eigenvalue weighted by Gasteiger charge is -2.32. The quantitative estimate of drug-likeness (QED) is 0.649. The maximum absolute atomic E-state index is 13.3. The maximum Gasteiger partial charge on any atom is 0.420 e. The molecule has 30 heavy (non-hydrogen) atoms. The molecule has 0 aliphatic carbocycles. The van der Waals surface area contributed by atoms with Crippen molar-refractivity contribution >= 4 is 28.6 Å². The number of amides is 1. The van der Waals surface area contributed by atoms with Crippen LogP contribution < -0.4 is 11.1 Å². The lowest BCUT2D eigenvalue weighted by atomic mass is 9.96. The first-order chi connectivity index (χ1) is 14.5. The summed E-state index contributed by atoms with van der Waals surface area (Å²) in [6.45, 7) is 3.03. The number of oxazole rings is 1. The maximum atomic E-state index is 13.3. The van der Waals surface area contributed by atoms with Crippen molar-refractivity contribution in [3.63, 3.8) is 0 Å². The number of fused-ring (bicyclic) bond motifs is 1. The van der Waals surface area contributed by atoms with Gasteiger partial charge in [0.2, 0.25) is 5.91 Å². The molecule has 8 heteroatoms. The molecule has 1 N–H and O–H groups in total. The number of carbonyl (C=O) groups is 1. The van der Waals surface area contributed by atoms with Gasteiger partial charge in [0.1, 0.15) is 12.4 Å². The molecular weight excluding hydrogens is 409 g/mol. The fraction of sp³-hybridized carbons (Fsp3) is 0.364. The molecule has 1 fully saturated rings. The first-order valence-electron chi connectivity index (χ1n) is 10.0. The molecule has 4 rings (SSSR count). The van der Waals surface area contributed by atoms with Crippen LogP contribution in [0.25, 0.3) is 11.1 Å². The molecule has 2 aromatic carbocycles. The fourth-order valence-electron chi connectivity index (χ4n) is 3.89. The number of rotatable bonds is 6. The van der Waals surface area contributed by atoms with E-state index in [1.54, 1.807) is 30.3 Å². The Morgan fingerprint density at radius 2 is 2.00 bits per heavy atom. The van der Waals surface area contributed by atoms with E-state index in [9.17, 15) is 14.0 Å². The van der Waals surface area contributed by atoms with E-state index in [2.05, 4.69) is 10.2 Å². The van der Waals surface area contributed by atoms with Crippen LogP contribution in [0.2, 0.25) is 5.02 Å². The zero-order valence-electron chi connectivity index (χ0n) is 16.4. The van der Waals surface area contributed by atoms with Gasteiger partial charge in [0.25, 0.3) is 0 Å². The van der Waals surface area contributed by atoms with Crippen LogP contribution >= 0.6 is 11.6 Å². The first kappa shape index (κ1) is 20.6. The van der Waals surface area contributed by atoms with E-state index in [1.807, 2.05) is 6.07 Å². The predicted octanol–water partition coefficient (Wildman–Crippen LogP) is 3.42. The Kier molecular flexibility index (Phi) is 6.20. The van der Waals surface area contributed by atoms with Crippen molar-refractivity contribution in [2.45, 2.75) is 25.9 Å². The minimum absolute atomic E-state index is 0.0914. The third-order valence-corrected chi connectivity index (χ3v) is 5.76. The van der Waals surface area contributed by atoms with E-state index in [0.29, 0.717) is 28.6 Å². The first-order valence-corrected chi connectivity index (χ1v) is 10.4. The van der Waals surface area contributed by atoms with Gasteiger partial charge in [-0.05, 0) is 61.7 Å². The van der Waals surface area contributed by atoms with Gasteiger partial charge in [0.15, 0.2) is 5.58 Å². The van der Waals surface area contributed by atoms with E-state index in [1.165, 1.54) is 10.6 Å². The number of aromatic nitrogens is 1. The third kappa shape index (κ3) is 4.91. The number of likely N-dealkylation sites (tertiary alicyclic amines) is 1. The highest BCUT2D eigenvalue weighted by molar-refractivity contribution is 6.31. The number of halogens is 2. The molecule has 0 saturated carbocycles. The highest BCUT2D eigenvalue weighted by Gasteiger charge is 2.20. The molecule has 1 amide bonds. The summed E-state index contributed by atoms with van der Waals surface area (Å²) >= 11 is 5.91. The normalized spacial score (nSPS) is 15.5. The Labute approximate surface area is 178 Å². The highest BCUT2D eigenvalue weighted by Crippen LogP contribution is 2.20. The second-order valence-corrected chi connectivity index (χ2v) is 8.16. The van der Waals surface area contributed by atoms with Crippen molar-refractivity contribution in [2.24, 2.45) is 5.92 Å². The van der Waals surface area contributed by atoms with Gasteiger partial charge in [0, 0.05) is 24.2 Å². The van der Waals surface area contributed by atoms with Crippen LogP contribution in [0.4, 0.5) is 4.39 Å². The highest BCUT2D eigenvalue weighted by atomic mass is 35.5. The van der Waals surface area contributed by atoms with Crippen molar-refractivity contribution in [3.8, 4) is 0 Å². The number of hydrogen-bond acceptors (Lipinski definition) is 4. The molecule has 158 valence electrons. The van der Waals surface area contributed by atoms with Gasteiger partial charge in [-0.25, -0.2) is 9.18 Å². The molecule has 1 aromatic heterocycles. The van der Waals surface area contributed by atoms with E-state index < -0.39 is 5.76 Å². The van der Waals surface area contributed by atoms with E-state index in [-0.39, 0.29) is 18.3 Å². The number of nitrogens with zero attached hydrogens (tertiary/aromatic N) is 2. The molecule has 6 nitrogen and oxygen atoms in total. The van der Waals surface area contributed by atoms with Gasteiger partial charge >= 0.3 is 5.76 Å². The second kappa shape index (κ2) is 9.02. The summed E-state index contributed by atoms with van der Waals surface area (Å²) in [4.78, 5) is 26.7. The van der Waals surface area contributed by atoms with Crippen molar-refractivity contribution in [3.05, 3.63) is 69.4 Å². The van der Waals surface area contributed by atoms with Crippen LogP contribution in [-0.2, 0) is 17.9 Å². The average Bonchev–Trinajstić information content (AvgIpc) is 3.01. The molecule has 0 atom stereocenters. The lowest BCUT2D eigenvalue weighted by molar-refractivity contribution is -0.121. The molecule has 0 unspecified atom stereocenters. The third-order valence-electron chi connectivity index (χ3n) is 5.52. The minimum Gasteiger partial charge on any atom is -0.408 e. The van der Waals surface area contributed by atoms with Crippen molar-refractivity contribution in [1.82, 2.24) is 14.8 Å². The Bertz CT molecular complexity index is 1100. The predicted molar refractivity (Wildman–Crippen MR) is 113 cm³/mol. The number of nitrogens with one attached hydrogen (secondary N) is 1. The van der Waals surface area contributed by atoms with Gasteiger partial charge in [-0.1, -0.05) is 23.7 Å². The smallest absolute Gasteiger partial charge is 0.408 e. The Hall–Kier alpha value is -2.64. The number of carbonyl (C=O) groups excluding carboxylic acids is 1. The molecular formula is C22H23ClFN3O3. The lowest BCUT2D eigenvalue weighted by Crippen LogP contribution is -2.39. The molecule has 3 aromatic rings. The summed E-state index contributed by atoms with van der Waals surface area (Å²) in [7, 11) is 0. The van der Waals surface area contributed by atoms with Crippen LogP contribution in [0.1, 0.15) is 18.4 Å². The number of piperidine rings is 1. The number of hydrogen-bond donors (Lipinski definition) is 1. The fourth-order valence-corrected chi connectivity index (χ4v) is 4.05.